The first-order valence-corrected chi connectivity index (χ1v) is 7.93. The van der Waals surface area contributed by atoms with Crippen LogP contribution in [-0.4, -0.2) is 32.4 Å². The molecule has 0 spiro atoms. The third kappa shape index (κ3) is 2.63. The molecule has 1 unspecified atom stereocenters. The van der Waals surface area contributed by atoms with E-state index >= 15 is 0 Å². The van der Waals surface area contributed by atoms with Crippen LogP contribution in [0.15, 0.2) is 17.0 Å². The van der Waals surface area contributed by atoms with Crippen LogP contribution in [-0.2, 0) is 11.3 Å². The molecule has 116 valence electrons. The molecule has 2 aromatic heterocycles. The fourth-order valence-corrected chi connectivity index (χ4v) is 2.98. The molecule has 1 atom stereocenters. The molecule has 1 amide bonds. The number of amides is 1. The van der Waals surface area contributed by atoms with Crippen molar-refractivity contribution in [1.82, 2.24) is 25.3 Å². The van der Waals surface area contributed by atoms with Crippen LogP contribution in [0.3, 0.4) is 0 Å². The van der Waals surface area contributed by atoms with E-state index in [1.165, 1.54) is 6.39 Å². The number of hydrogen-bond acceptors (Lipinski definition) is 5. The van der Waals surface area contributed by atoms with Gasteiger partial charge >= 0.3 is 0 Å². The van der Waals surface area contributed by atoms with E-state index in [9.17, 15) is 4.79 Å². The first-order chi connectivity index (χ1) is 10.8. The number of nitrogens with zero attached hydrogens (tertiary/aromatic N) is 4. The molecule has 2 aliphatic rings. The number of carbonyl (C=O) groups is 1. The minimum atomic E-state index is -0.0303. The zero-order chi connectivity index (χ0) is 14.9. The maximum Gasteiger partial charge on any atom is 0.224 e. The average Bonchev–Trinajstić information content (AvgIpc) is 3.12. The van der Waals surface area contributed by atoms with Crippen molar-refractivity contribution in [2.75, 3.05) is 6.54 Å². The smallest absolute Gasteiger partial charge is 0.224 e. The second-order valence-corrected chi connectivity index (χ2v) is 6.15. The molecule has 3 heterocycles. The van der Waals surface area contributed by atoms with Crippen LogP contribution >= 0.6 is 0 Å². The van der Waals surface area contributed by atoms with Gasteiger partial charge < -0.3 is 9.73 Å². The quantitative estimate of drug-likeness (QED) is 0.929. The van der Waals surface area contributed by atoms with Gasteiger partial charge in [-0.1, -0.05) is 11.6 Å². The topological polar surface area (TPSA) is 85.8 Å². The molecule has 22 heavy (non-hydrogen) atoms. The van der Waals surface area contributed by atoms with Gasteiger partial charge in [0.25, 0.3) is 0 Å². The molecule has 4 rings (SSSR count). The highest BCUT2D eigenvalue weighted by Gasteiger charge is 2.31. The Morgan fingerprint density at radius 2 is 2.23 bits per heavy atom. The van der Waals surface area contributed by atoms with Crippen LogP contribution < -0.4 is 5.32 Å². The molecule has 1 saturated carbocycles. The first kappa shape index (κ1) is 13.5. The van der Waals surface area contributed by atoms with Crippen molar-refractivity contribution in [3.8, 4) is 11.4 Å². The third-order valence-electron chi connectivity index (χ3n) is 4.38. The van der Waals surface area contributed by atoms with Crippen LogP contribution in [0.25, 0.3) is 11.4 Å². The zero-order valence-corrected chi connectivity index (χ0v) is 12.4. The van der Waals surface area contributed by atoms with Crippen LogP contribution in [0.1, 0.15) is 43.8 Å². The van der Waals surface area contributed by atoms with Gasteiger partial charge in [-0.05, 0) is 25.7 Å². The second kappa shape index (κ2) is 5.55. The van der Waals surface area contributed by atoms with Crippen molar-refractivity contribution in [1.29, 1.82) is 0 Å². The van der Waals surface area contributed by atoms with E-state index in [1.807, 2.05) is 6.20 Å². The Morgan fingerprint density at radius 1 is 1.32 bits per heavy atom. The van der Waals surface area contributed by atoms with E-state index in [0.29, 0.717) is 12.5 Å². The fraction of sp³-hybridized carbons (Fsp3) is 0.600. The van der Waals surface area contributed by atoms with Gasteiger partial charge in [0.15, 0.2) is 6.39 Å². The lowest BCUT2D eigenvalue weighted by atomic mass is 10.0. The highest BCUT2D eigenvalue weighted by molar-refractivity contribution is 5.78. The highest BCUT2D eigenvalue weighted by Crippen LogP contribution is 2.43. The number of oxazole rings is 1. The standard InChI is InChI=1S/C15H19N5O2/c21-15-11(3-1-2-6-16-15)7-20-8-12(18-19-20)13-14(10-4-5-10)22-9-17-13/h8-11H,1-7H2,(H,16,21). The molecule has 0 aromatic carbocycles. The molecule has 2 aromatic rings. The third-order valence-corrected chi connectivity index (χ3v) is 4.38. The molecular formula is C15H19N5O2. The molecule has 2 fully saturated rings. The number of nitrogens with one attached hydrogen (secondary N) is 1. The highest BCUT2D eigenvalue weighted by atomic mass is 16.3. The van der Waals surface area contributed by atoms with Crippen LogP contribution in [0.4, 0.5) is 0 Å². The summed E-state index contributed by atoms with van der Waals surface area (Å²) in [4.78, 5) is 16.3. The molecular weight excluding hydrogens is 282 g/mol. The minimum Gasteiger partial charge on any atom is -0.447 e. The maximum absolute atomic E-state index is 12.0. The van der Waals surface area contributed by atoms with Gasteiger partial charge in [-0.15, -0.1) is 5.10 Å². The number of rotatable bonds is 4. The van der Waals surface area contributed by atoms with Gasteiger partial charge in [-0.3, -0.25) is 9.48 Å². The Morgan fingerprint density at radius 3 is 3.09 bits per heavy atom. The van der Waals surface area contributed by atoms with Crippen molar-refractivity contribution >= 4 is 5.91 Å². The van der Waals surface area contributed by atoms with Crippen LogP contribution in [0.2, 0.25) is 0 Å². The Balaban J connectivity index is 1.51. The lowest BCUT2D eigenvalue weighted by Crippen LogP contribution is -2.31. The lowest BCUT2D eigenvalue weighted by molar-refractivity contribution is -0.125. The Hall–Kier alpha value is -2.18. The van der Waals surface area contributed by atoms with Crippen molar-refractivity contribution in [3.05, 3.63) is 18.4 Å². The van der Waals surface area contributed by atoms with Gasteiger partial charge in [0.1, 0.15) is 17.1 Å². The molecule has 1 aliphatic carbocycles. The maximum atomic E-state index is 12.0. The largest absolute Gasteiger partial charge is 0.447 e. The average molecular weight is 301 g/mol. The summed E-state index contributed by atoms with van der Waals surface area (Å²) in [5.41, 5.74) is 1.52. The number of carbonyl (C=O) groups excluding carboxylic acids is 1. The molecule has 7 nitrogen and oxygen atoms in total. The minimum absolute atomic E-state index is 0.0303. The summed E-state index contributed by atoms with van der Waals surface area (Å²) in [6, 6.07) is 0. The Labute approximate surface area is 128 Å². The van der Waals surface area contributed by atoms with Crippen molar-refractivity contribution in [3.63, 3.8) is 0 Å². The van der Waals surface area contributed by atoms with E-state index in [4.69, 9.17) is 4.42 Å². The monoisotopic (exact) mass is 301 g/mol. The molecule has 1 saturated heterocycles. The normalized spacial score (nSPS) is 22.4. The summed E-state index contributed by atoms with van der Waals surface area (Å²) >= 11 is 0. The molecule has 0 radical (unpaired) electrons. The predicted molar refractivity (Wildman–Crippen MR) is 77.8 cm³/mol. The van der Waals surface area contributed by atoms with Crippen molar-refractivity contribution in [2.45, 2.75) is 44.6 Å². The van der Waals surface area contributed by atoms with E-state index in [1.54, 1.807) is 4.68 Å². The van der Waals surface area contributed by atoms with E-state index in [-0.39, 0.29) is 11.8 Å². The summed E-state index contributed by atoms with van der Waals surface area (Å²) < 4.78 is 7.23. The van der Waals surface area contributed by atoms with Gasteiger partial charge in [0.05, 0.1) is 18.7 Å². The fourth-order valence-electron chi connectivity index (χ4n) is 2.98. The summed E-state index contributed by atoms with van der Waals surface area (Å²) in [5.74, 6) is 1.49. The van der Waals surface area contributed by atoms with E-state index in [0.717, 1.165) is 55.8 Å². The first-order valence-electron chi connectivity index (χ1n) is 7.93. The van der Waals surface area contributed by atoms with E-state index in [2.05, 4.69) is 20.6 Å². The lowest BCUT2D eigenvalue weighted by Gasteiger charge is -2.11. The Bertz CT molecular complexity index is 673. The Kier molecular flexibility index (Phi) is 3.40. The number of aromatic nitrogens is 4. The van der Waals surface area contributed by atoms with E-state index < -0.39 is 0 Å². The summed E-state index contributed by atoms with van der Waals surface area (Å²) in [6.07, 6.45) is 8.66. The molecule has 1 aliphatic heterocycles. The van der Waals surface area contributed by atoms with Crippen molar-refractivity contribution < 1.29 is 9.21 Å². The second-order valence-electron chi connectivity index (χ2n) is 6.15. The summed E-state index contributed by atoms with van der Waals surface area (Å²) in [7, 11) is 0. The molecule has 1 N–H and O–H groups in total. The van der Waals surface area contributed by atoms with Gasteiger partial charge in [-0.25, -0.2) is 4.98 Å². The summed E-state index contributed by atoms with van der Waals surface area (Å²) in [6.45, 7) is 1.34. The van der Waals surface area contributed by atoms with Crippen molar-refractivity contribution in [2.24, 2.45) is 5.92 Å². The van der Waals surface area contributed by atoms with Gasteiger partial charge in [0, 0.05) is 12.5 Å². The number of hydrogen-bond donors (Lipinski definition) is 1. The SMILES string of the molecule is O=C1NCCCCC1Cn1cc(-c2ncoc2C2CC2)nn1. The molecule has 7 heteroatoms. The van der Waals surface area contributed by atoms with Crippen LogP contribution in [0.5, 0.6) is 0 Å². The van der Waals surface area contributed by atoms with Crippen LogP contribution in [0, 0.1) is 5.92 Å². The van der Waals surface area contributed by atoms with Gasteiger partial charge in [0.2, 0.25) is 5.91 Å². The predicted octanol–water partition coefficient (Wildman–Crippen LogP) is 1.73. The summed E-state index contributed by atoms with van der Waals surface area (Å²) in [5, 5.41) is 11.3. The van der Waals surface area contributed by atoms with Gasteiger partial charge in [-0.2, -0.15) is 0 Å². The molecule has 0 bridgehead atoms. The zero-order valence-electron chi connectivity index (χ0n) is 12.4.